The molecule has 6 heteroatoms. The van der Waals surface area contributed by atoms with Crippen LogP contribution in [0.3, 0.4) is 0 Å². The Kier molecular flexibility index (Phi) is 4.00. The summed E-state index contributed by atoms with van der Waals surface area (Å²) in [5.74, 6) is 0.586. The minimum atomic E-state index is -0.610. The summed E-state index contributed by atoms with van der Waals surface area (Å²) in [5.41, 5.74) is 7.52. The lowest BCUT2D eigenvalue weighted by Crippen LogP contribution is -2.63. The highest BCUT2D eigenvalue weighted by molar-refractivity contribution is 6.35. The van der Waals surface area contributed by atoms with Crippen LogP contribution >= 0.6 is 23.2 Å². The van der Waals surface area contributed by atoms with Crippen LogP contribution in [0.5, 0.6) is 5.75 Å². The molecule has 0 aromatic heterocycles. The predicted octanol–water partition coefficient (Wildman–Crippen LogP) is 3.42. The summed E-state index contributed by atoms with van der Waals surface area (Å²) in [6.45, 7) is 0. The monoisotopic (exact) mass is 336 g/mol. The molecule has 0 radical (unpaired) electrons. The number of amides is 1. The van der Waals surface area contributed by atoms with Crippen LogP contribution in [0.2, 0.25) is 10.0 Å². The Bertz CT molecular complexity index is 719. The van der Waals surface area contributed by atoms with Gasteiger partial charge in [0.1, 0.15) is 11.8 Å². The minimum Gasteiger partial charge on any atom is -0.497 e. The first kappa shape index (κ1) is 15.2. The number of nitrogens with two attached hydrogens (primary N) is 1. The Hall–Kier alpha value is -1.75. The number of carbonyl (C=O) groups is 1. The van der Waals surface area contributed by atoms with E-state index in [0.717, 1.165) is 17.0 Å². The van der Waals surface area contributed by atoms with E-state index in [9.17, 15) is 4.79 Å². The van der Waals surface area contributed by atoms with E-state index in [0.29, 0.717) is 10.0 Å². The first-order valence-electron chi connectivity index (χ1n) is 6.70. The maximum atomic E-state index is 12.2. The van der Waals surface area contributed by atoms with Crippen LogP contribution in [0.4, 0.5) is 5.69 Å². The van der Waals surface area contributed by atoms with Crippen molar-refractivity contribution in [2.45, 2.75) is 12.1 Å². The molecule has 3 rings (SSSR count). The fraction of sp³-hybridized carbons (Fsp3) is 0.188. The first-order chi connectivity index (χ1) is 10.5. The highest BCUT2D eigenvalue weighted by Crippen LogP contribution is 2.41. The van der Waals surface area contributed by atoms with E-state index < -0.39 is 6.04 Å². The third-order valence-electron chi connectivity index (χ3n) is 3.77. The van der Waals surface area contributed by atoms with Gasteiger partial charge in [-0.2, -0.15) is 0 Å². The molecule has 0 saturated carbocycles. The van der Waals surface area contributed by atoms with E-state index in [4.69, 9.17) is 33.7 Å². The lowest BCUT2D eigenvalue weighted by atomic mass is 9.88. The maximum Gasteiger partial charge on any atom is 0.247 e. The molecule has 0 bridgehead atoms. The van der Waals surface area contributed by atoms with Gasteiger partial charge in [0.05, 0.1) is 13.2 Å². The summed E-state index contributed by atoms with van der Waals surface area (Å²) in [7, 11) is 1.59. The molecule has 114 valence electrons. The second kappa shape index (κ2) is 5.80. The van der Waals surface area contributed by atoms with Crippen LogP contribution in [0.25, 0.3) is 0 Å². The van der Waals surface area contributed by atoms with E-state index >= 15 is 0 Å². The van der Waals surface area contributed by atoms with Gasteiger partial charge in [-0.3, -0.25) is 4.79 Å². The van der Waals surface area contributed by atoms with E-state index in [1.54, 1.807) is 42.3 Å². The van der Waals surface area contributed by atoms with Crippen LogP contribution in [0.15, 0.2) is 42.5 Å². The Morgan fingerprint density at radius 3 is 2.41 bits per heavy atom. The fourth-order valence-corrected chi connectivity index (χ4v) is 3.14. The van der Waals surface area contributed by atoms with Crippen molar-refractivity contribution < 1.29 is 9.53 Å². The first-order valence-corrected chi connectivity index (χ1v) is 7.46. The van der Waals surface area contributed by atoms with E-state index in [1.165, 1.54) is 0 Å². The smallest absolute Gasteiger partial charge is 0.247 e. The second-order valence-corrected chi connectivity index (χ2v) is 5.89. The fourth-order valence-electron chi connectivity index (χ4n) is 2.62. The topological polar surface area (TPSA) is 55.6 Å². The number of rotatable bonds is 3. The van der Waals surface area contributed by atoms with Gasteiger partial charge in [0, 0.05) is 15.7 Å². The molecule has 0 aliphatic carbocycles. The molecule has 1 amide bonds. The Labute approximate surface area is 138 Å². The Morgan fingerprint density at radius 1 is 1.14 bits per heavy atom. The highest BCUT2D eigenvalue weighted by atomic mass is 35.5. The molecule has 22 heavy (non-hydrogen) atoms. The average molecular weight is 337 g/mol. The van der Waals surface area contributed by atoms with Crippen LogP contribution < -0.4 is 15.4 Å². The molecule has 4 nitrogen and oxygen atoms in total. The average Bonchev–Trinajstić information content (AvgIpc) is 2.53. The Balaban J connectivity index is 1.97. The quantitative estimate of drug-likeness (QED) is 0.873. The highest BCUT2D eigenvalue weighted by Gasteiger charge is 2.47. The van der Waals surface area contributed by atoms with Gasteiger partial charge in [-0.05, 0) is 42.0 Å². The SMILES string of the molecule is COc1ccc(N2C(=O)[C@H](N)[C@@H]2c2ccc(Cl)cc2Cl)cc1. The third kappa shape index (κ3) is 2.43. The second-order valence-electron chi connectivity index (χ2n) is 5.04. The zero-order valence-corrected chi connectivity index (χ0v) is 13.3. The molecular weight excluding hydrogens is 323 g/mol. The molecule has 0 unspecified atom stereocenters. The lowest BCUT2D eigenvalue weighted by molar-refractivity contribution is -0.126. The van der Waals surface area contributed by atoms with Crippen LogP contribution in [-0.2, 0) is 4.79 Å². The lowest BCUT2D eigenvalue weighted by Gasteiger charge is -2.46. The zero-order valence-electron chi connectivity index (χ0n) is 11.8. The van der Waals surface area contributed by atoms with Gasteiger partial charge < -0.3 is 15.4 Å². The number of hydrogen-bond donors (Lipinski definition) is 1. The summed E-state index contributed by atoms with van der Waals surface area (Å²) in [5, 5.41) is 1.04. The van der Waals surface area contributed by atoms with Crippen molar-refractivity contribution in [1.82, 2.24) is 0 Å². The molecule has 2 aromatic carbocycles. The van der Waals surface area contributed by atoms with Crippen molar-refractivity contribution in [3.8, 4) is 5.75 Å². The number of carbonyl (C=O) groups excluding carboxylic acids is 1. The van der Waals surface area contributed by atoms with Crippen molar-refractivity contribution >= 4 is 34.8 Å². The molecule has 2 atom stereocenters. The van der Waals surface area contributed by atoms with Gasteiger partial charge in [-0.25, -0.2) is 0 Å². The van der Waals surface area contributed by atoms with Crippen molar-refractivity contribution in [3.05, 3.63) is 58.1 Å². The Morgan fingerprint density at radius 2 is 1.82 bits per heavy atom. The largest absolute Gasteiger partial charge is 0.497 e. The summed E-state index contributed by atoms with van der Waals surface area (Å²) in [4.78, 5) is 13.8. The van der Waals surface area contributed by atoms with Gasteiger partial charge in [0.25, 0.3) is 0 Å². The minimum absolute atomic E-state index is 0.138. The number of methoxy groups -OCH3 is 1. The van der Waals surface area contributed by atoms with Gasteiger partial charge in [-0.15, -0.1) is 0 Å². The molecule has 0 spiro atoms. The van der Waals surface area contributed by atoms with Crippen molar-refractivity contribution in [2.24, 2.45) is 5.73 Å². The van der Waals surface area contributed by atoms with Crippen molar-refractivity contribution in [1.29, 1.82) is 0 Å². The number of halogens is 2. The predicted molar refractivity (Wildman–Crippen MR) is 87.7 cm³/mol. The standard InChI is InChI=1S/C16H14Cl2N2O2/c1-22-11-5-3-10(4-6-11)20-15(14(19)16(20)21)12-7-2-9(17)8-13(12)18/h2-8,14-15H,19H2,1H3/t14-,15+/m1/s1. The summed E-state index contributed by atoms with van der Waals surface area (Å²) in [6.07, 6.45) is 0. The van der Waals surface area contributed by atoms with Gasteiger partial charge in [0.2, 0.25) is 5.91 Å². The molecule has 1 heterocycles. The van der Waals surface area contributed by atoms with Crippen molar-refractivity contribution in [3.63, 3.8) is 0 Å². The van der Waals surface area contributed by atoms with Crippen LogP contribution in [-0.4, -0.2) is 19.1 Å². The molecule has 2 N–H and O–H groups in total. The summed E-state index contributed by atoms with van der Waals surface area (Å²) in [6, 6.07) is 11.5. The van der Waals surface area contributed by atoms with Crippen molar-refractivity contribution in [2.75, 3.05) is 12.0 Å². The number of ether oxygens (including phenoxy) is 1. The van der Waals surface area contributed by atoms with Gasteiger partial charge in [-0.1, -0.05) is 29.3 Å². The number of nitrogens with zero attached hydrogens (tertiary/aromatic N) is 1. The number of β-lactam (4-membered cyclic amide) rings is 1. The molecule has 1 fully saturated rings. The molecule has 1 saturated heterocycles. The van der Waals surface area contributed by atoms with E-state index in [-0.39, 0.29) is 11.9 Å². The number of anilines is 1. The van der Waals surface area contributed by atoms with E-state index in [1.807, 2.05) is 12.1 Å². The van der Waals surface area contributed by atoms with Gasteiger partial charge in [0.15, 0.2) is 0 Å². The molecular formula is C16H14Cl2N2O2. The number of benzene rings is 2. The summed E-state index contributed by atoms with van der Waals surface area (Å²) < 4.78 is 5.13. The molecule has 1 aliphatic rings. The number of hydrogen-bond acceptors (Lipinski definition) is 3. The zero-order chi connectivity index (χ0) is 15.9. The van der Waals surface area contributed by atoms with Crippen LogP contribution in [0.1, 0.15) is 11.6 Å². The molecule has 1 aliphatic heterocycles. The third-order valence-corrected chi connectivity index (χ3v) is 4.34. The maximum absolute atomic E-state index is 12.2. The van der Waals surface area contributed by atoms with Crippen LogP contribution in [0, 0.1) is 0 Å². The summed E-state index contributed by atoms with van der Waals surface area (Å²) >= 11 is 12.2. The normalized spacial score (nSPS) is 20.7. The van der Waals surface area contributed by atoms with Gasteiger partial charge >= 0.3 is 0 Å². The van der Waals surface area contributed by atoms with E-state index in [2.05, 4.69) is 0 Å². The molecule has 2 aromatic rings.